The molecule has 5 heteroatoms. The molecule has 1 saturated heterocycles. The van der Waals surface area contributed by atoms with Crippen LogP contribution in [0.25, 0.3) is 0 Å². The number of aromatic carboxylic acids is 1. The van der Waals surface area contributed by atoms with Gasteiger partial charge in [0.25, 0.3) is 0 Å². The zero-order valence-electron chi connectivity index (χ0n) is 9.96. The van der Waals surface area contributed by atoms with Crippen LogP contribution in [0.2, 0.25) is 0 Å². The first kappa shape index (κ1) is 12.0. The Kier molecular flexibility index (Phi) is 3.71. The van der Waals surface area contributed by atoms with Gasteiger partial charge in [0.2, 0.25) is 0 Å². The molecule has 0 unspecified atom stereocenters. The molecule has 1 aromatic rings. The van der Waals surface area contributed by atoms with E-state index < -0.39 is 5.97 Å². The molecule has 17 heavy (non-hydrogen) atoms. The van der Waals surface area contributed by atoms with Crippen LogP contribution < -0.4 is 0 Å². The van der Waals surface area contributed by atoms with E-state index in [1.165, 1.54) is 6.07 Å². The molecule has 92 valence electrons. The Labute approximate surface area is 101 Å². The van der Waals surface area contributed by atoms with Crippen molar-refractivity contribution in [2.45, 2.75) is 6.54 Å². The topological polar surface area (TPSA) is 56.7 Å². The number of likely N-dealkylation sites (N-methyl/N-ethyl adjacent to an activating group) is 1. The molecule has 1 aliphatic rings. The molecule has 0 atom stereocenters. The largest absolute Gasteiger partial charge is 0.477 e. The third-order valence-corrected chi connectivity index (χ3v) is 3.01. The summed E-state index contributed by atoms with van der Waals surface area (Å²) in [5.41, 5.74) is 0.950. The van der Waals surface area contributed by atoms with Crippen molar-refractivity contribution in [2.24, 2.45) is 0 Å². The van der Waals surface area contributed by atoms with Crippen molar-refractivity contribution in [3.63, 3.8) is 0 Å². The summed E-state index contributed by atoms with van der Waals surface area (Å²) in [6.45, 7) is 4.86. The summed E-state index contributed by atoms with van der Waals surface area (Å²) in [6, 6.07) is 5.16. The second kappa shape index (κ2) is 5.25. The van der Waals surface area contributed by atoms with Gasteiger partial charge in [0.05, 0.1) is 5.69 Å². The molecule has 0 saturated carbocycles. The van der Waals surface area contributed by atoms with Gasteiger partial charge in [0.1, 0.15) is 5.69 Å². The Bertz CT molecular complexity index is 400. The third-order valence-electron chi connectivity index (χ3n) is 3.01. The molecule has 0 spiro atoms. The number of carboxylic acid groups (broad SMARTS) is 1. The molecule has 0 radical (unpaired) electrons. The zero-order valence-corrected chi connectivity index (χ0v) is 9.96. The van der Waals surface area contributed by atoms with Crippen LogP contribution in [-0.4, -0.2) is 59.1 Å². The fourth-order valence-corrected chi connectivity index (χ4v) is 1.92. The normalized spacial score (nSPS) is 18.2. The number of piperazine rings is 1. The fourth-order valence-electron chi connectivity index (χ4n) is 1.92. The Morgan fingerprint density at radius 1 is 1.35 bits per heavy atom. The van der Waals surface area contributed by atoms with Gasteiger partial charge in [-0.2, -0.15) is 0 Å². The Hall–Kier alpha value is -1.46. The second-order valence-corrected chi connectivity index (χ2v) is 4.40. The van der Waals surface area contributed by atoms with Crippen molar-refractivity contribution in [1.82, 2.24) is 14.8 Å². The molecule has 0 amide bonds. The van der Waals surface area contributed by atoms with Crippen molar-refractivity contribution in [3.8, 4) is 0 Å². The molecule has 1 N–H and O–H groups in total. The molecule has 1 aromatic heterocycles. The summed E-state index contributed by atoms with van der Waals surface area (Å²) in [7, 11) is 2.11. The monoisotopic (exact) mass is 235 g/mol. The minimum absolute atomic E-state index is 0.122. The van der Waals surface area contributed by atoms with E-state index >= 15 is 0 Å². The summed E-state index contributed by atoms with van der Waals surface area (Å²) in [5.74, 6) is -0.967. The highest BCUT2D eigenvalue weighted by atomic mass is 16.4. The van der Waals surface area contributed by atoms with E-state index in [0.717, 1.165) is 38.4 Å². The predicted octanol–water partition coefficient (Wildman–Crippen LogP) is 0.527. The van der Waals surface area contributed by atoms with Gasteiger partial charge in [-0.1, -0.05) is 6.07 Å². The van der Waals surface area contributed by atoms with Crippen molar-refractivity contribution in [1.29, 1.82) is 0 Å². The summed E-state index contributed by atoms with van der Waals surface area (Å²) >= 11 is 0. The lowest BCUT2D eigenvalue weighted by molar-refractivity contribution is 0.0689. The Morgan fingerprint density at radius 3 is 2.71 bits per heavy atom. The number of carboxylic acids is 1. The van der Waals surface area contributed by atoms with Gasteiger partial charge in [0.15, 0.2) is 0 Å². The van der Waals surface area contributed by atoms with E-state index in [-0.39, 0.29) is 5.69 Å². The number of carbonyl (C=O) groups is 1. The van der Waals surface area contributed by atoms with Crippen LogP contribution in [0, 0.1) is 0 Å². The van der Waals surface area contributed by atoms with E-state index in [0.29, 0.717) is 0 Å². The highest BCUT2D eigenvalue weighted by Gasteiger charge is 2.15. The minimum Gasteiger partial charge on any atom is -0.477 e. The first-order valence-electron chi connectivity index (χ1n) is 5.75. The highest BCUT2D eigenvalue weighted by Crippen LogP contribution is 2.06. The average Bonchev–Trinajstić information content (AvgIpc) is 2.32. The number of nitrogens with zero attached hydrogens (tertiary/aromatic N) is 3. The van der Waals surface area contributed by atoms with Gasteiger partial charge < -0.3 is 10.0 Å². The van der Waals surface area contributed by atoms with Crippen LogP contribution in [0.3, 0.4) is 0 Å². The molecule has 5 nitrogen and oxygen atoms in total. The van der Waals surface area contributed by atoms with Crippen LogP contribution in [-0.2, 0) is 6.54 Å². The van der Waals surface area contributed by atoms with E-state index in [1.807, 2.05) is 6.07 Å². The van der Waals surface area contributed by atoms with Crippen LogP contribution >= 0.6 is 0 Å². The van der Waals surface area contributed by atoms with Crippen LogP contribution in [0.15, 0.2) is 18.2 Å². The molecule has 1 fully saturated rings. The van der Waals surface area contributed by atoms with Crippen LogP contribution in [0.1, 0.15) is 16.2 Å². The van der Waals surface area contributed by atoms with Gasteiger partial charge in [0, 0.05) is 32.7 Å². The number of hydrogen-bond acceptors (Lipinski definition) is 4. The van der Waals surface area contributed by atoms with E-state index in [9.17, 15) is 4.79 Å². The second-order valence-electron chi connectivity index (χ2n) is 4.40. The number of pyridine rings is 1. The first-order valence-corrected chi connectivity index (χ1v) is 5.75. The van der Waals surface area contributed by atoms with E-state index in [2.05, 4.69) is 21.8 Å². The highest BCUT2D eigenvalue weighted by molar-refractivity contribution is 5.85. The molecule has 0 aliphatic carbocycles. The van der Waals surface area contributed by atoms with Gasteiger partial charge in [-0.05, 0) is 19.2 Å². The average molecular weight is 235 g/mol. The third kappa shape index (κ3) is 3.25. The lowest BCUT2D eigenvalue weighted by atomic mass is 10.2. The zero-order chi connectivity index (χ0) is 12.3. The first-order chi connectivity index (χ1) is 8.15. The maximum atomic E-state index is 10.8. The van der Waals surface area contributed by atoms with Gasteiger partial charge in [-0.15, -0.1) is 0 Å². The quantitative estimate of drug-likeness (QED) is 0.828. The molecule has 1 aliphatic heterocycles. The van der Waals surface area contributed by atoms with Crippen LogP contribution in [0.5, 0.6) is 0 Å². The Morgan fingerprint density at radius 2 is 2.06 bits per heavy atom. The molecular formula is C12H17N3O2. The lowest BCUT2D eigenvalue weighted by Gasteiger charge is -2.32. The minimum atomic E-state index is -0.967. The number of aromatic nitrogens is 1. The van der Waals surface area contributed by atoms with Gasteiger partial charge >= 0.3 is 5.97 Å². The standard InChI is InChI=1S/C12H17N3O2/c1-14-5-7-15(8-6-14)9-10-3-2-4-11(13-10)12(16)17/h2-4H,5-9H2,1H3,(H,16,17). The SMILES string of the molecule is CN1CCN(Cc2cccc(C(=O)O)n2)CC1. The lowest BCUT2D eigenvalue weighted by Crippen LogP contribution is -2.44. The number of hydrogen-bond donors (Lipinski definition) is 1. The molecule has 2 heterocycles. The molecule has 0 bridgehead atoms. The summed E-state index contributed by atoms with van der Waals surface area (Å²) in [6.07, 6.45) is 0. The van der Waals surface area contributed by atoms with Crippen LogP contribution in [0.4, 0.5) is 0 Å². The van der Waals surface area contributed by atoms with Crippen molar-refractivity contribution in [3.05, 3.63) is 29.6 Å². The summed E-state index contributed by atoms with van der Waals surface area (Å²) in [4.78, 5) is 19.5. The maximum Gasteiger partial charge on any atom is 0.354 e. The predicted molar refractivity (Wildman–Crippen MR) is 64.0 cm³/mol. The van der Waals surface area contributed by atoms with E-state index in [1.54, 1.807) is 6.07 Å². The van der Waals surface area contributed by atoms with Gasteiger partial charge in [-0.25, -0.2) is 9.78 Å². The summed E-state index contributed by atoms with van der Waals surface area (Å²) < 4.78 is 0. The van der Waals surface area contributed by atoms with Crippen molar-refractivity contribution in [2.75, 3.05) is 33.2 Å². The fraction of sp³-hybridized carbons (Fsp3) is 0.500. The maximum absolute atomic E-state index is 10.8. The number of rotatable bonds is 3. The van der Waals surface area contributed by atoms with Crippen molar-refractivity contribution >= 4 is 5.97 Å². The van der Waals surface area contributed by atoms with Gasteiger partial charge in [-0.3, -0.25) is 4.90 Å². The smallest absolute Gasteiger partial charge is 0.354 e. The van der Waals surface area contributed by atoms with E-state index in [4.69, 9.17) is 5.11 Å². The van der Waals surface area contributed by atoms with Crippen molar-refractivity contribution < 1.29 is 9.90 Å². The molecule has 0 aromatic carbocycles. The molecule has 2 rings (SSSR count). The summed E-state index contributed by atoms with van der Waals surface area (Å²) in [5, 5.41) is 8.87. The Balaban J connectivity index is 1.98. The molecular weight excluding hydrogens is 218 g/mol.